The number of aryl methyl sites for hydroxylation is 2. The van der Waals surface area contributed by atoms with Gasteiger partial charge in [-0.3, -0.25) is 4.79 Å². The summed E-state index contributed by atoms with van der Waals surface area (Å²) in [5.41, 5.74) is 3.37. The molecule has 1 saturated carbocycles. The smallest absolute Gasteiger partial charge is 0.163 e. The minimum atomic E-state index is 0.322. The molecule has 1 fully saturated rings. The summed E-state index contributed by atoms with van der Waals surface area (Å²) in [6.45, 7) is 4.14. The van der Waals surface area contributed by atoms with Gasteiger partial charge in [-0.15, -0.1) is 0 Å². The molecule has 1 aromatic carbocycles. The van der Waals surface area contributed by atoms with Gasteiger partial charge < -0.3 is 0 Å². The van der Waals surface area contributed by atoms with Gasteiger partial charge in [0.05, 0.1) is 0 Å². The molecule has 0 aromatic heterocycles. The number of hydrogen-bond acceptors (Lipinski definition) is 1. The quantitative estimate of drug-likeness (QED) is 0.683. The van der Waals surface area contributed by atoms with Gasteiger partial charge in [-0.25, -0.2) is 0 Å². The van der Waals surface area contributed by atoms with Gasteiger partial charge in [-0.1, -0.05) is 31.4 Å². The minimum Gasteiger partial charge on any atom is -0.294 e. The zero-order valence-electron chi connectivity index (χ0n) is 9.55. The fraction of sp³-hybridized carbons (Fsp3) is 0.500. The van der Waals surface area contributed by atoms with Crippen molar-refractivity contribution in [2.45, 2.75) is 39.5 Å². The predicted octanol–water partition coefficient (Wildman–Crippen LogP) is 3.68. The zero-order valence-corrected chi connectivity index (χ0v) is 9.55. The van der Waals surface area contributed by atoms with Gasteiger partial charge in [-0.05, 0) is 37.0 Å². The highest BCUT2D eigenvalue weighted by Crippen LogP contribution is 2.30. The minimum absolute atomic E-state index is 0.322. The maximum atomic E-state index is 11.9. The van der Waals surface area contributed by atoms with Gasteiger partial charge >= 0.3 is 0 Å². The Labute approximate surface area is 91.5 Å². The highest BCUT2D eigenvalue weighted by atomic mass is 16.1. The molecule has 80 valence electrons. The second-order valence-electron chi connectivity index (χ2n) is 4.72. The Morgan fingerprint density at radius 1 is 1.27 bits per heavy atom. The molecule has 0 spiro atoms. The largest absolute Gasteiger partial charge is 0.294 e. The molecule has 0 atom stereocenters. The Morgan fingerprint density at radius 2 is 2.00 bits per heavy atom. The van der Waals surface area contributed by atoms with Crippen molar-refractivity contribution >= 4 is 5.78 Å². The van der Waals surface area contributed by atoms with E-state index in [1.165, 1.54) is 30.4 Å². The Kier molecular flexibility index (Phi) is 2.90. The van der Waals surface area contributed by atoms with Crippen LogP contribution in [-0.4, -0.2) is 5.78 Å². The van der Waals surface area contributed by atoms with Crippen LogP contribution in [0.2, 0.25) is 0 Å². The lowest BCUT2D eigenvalue weighted by molar-refractivity contribution is 0.0936. The summed E-state index contributed by atoms with van der Waals surface area (Å²) in [5, 5.41) is 0. The van der Waals surface area contributed by atoms with Gasteiger partial charge in [0.2, 0.25) is 0 Å². The average Bonchev–Trinajstić information content (AvgIpc) is 2.15. The number of Topliss-reactive ketones (excluding diaryl/α,β-unsaturated/α-hetero) is 1. The lowest BCUT2D eigenvalue weighted by Crippen LogP contribution is -2.16. The van der Waals surface area contributed by atoms with Crippen LogP contribution < -0.4 is 0 Å². The Balaban J connectivity index is 2.07. The molecular weight excluding hydrogens is 184 g/mol. The monoisotopic (exact) mass is 202 g/mol. The molecule has 0 heterocycles. The normalized spacial score (nSPS) is 16.1. The molecule has 0 bridgehead atoms. The third-order valence-electron chi connectivity index (χ3n) is 3.53. The first-order valence-electron chi connectivity index (χ1n) is 5.77. The van der Waals surface area contributed by atoms with Gasteiger partial charge in [0.15, 0.2) is 5.78 Å². The highest BCUT2D eigenvalue weighted by molar-refractivity contribution is 5.96. The second-order valence-corrected chi connectivity index (χ2v) is 4.72. The molecule has 0 unspecified atom stereocenters. The van der Waals surface area contributed by atoms with Crippen molar-refractivity contribution in [3.8, 4) is 0 Å². The molecule has 0 aliphatic heterocycles. The van der Waals surface area contributed by atoms with E-state index in [-0.39, 0.29) is 0 Å². The molecule has 1 heteroatoms. The van der Waals surface area contributed by atoms with Crippen molar-refractivity contribution in [1.29, 1.82) is 0 Å². The Morgan fingerprint density at radius 3 is 2.53 bits per heavy atom. The third kappa shape index (κ3) is 2.28. The van der Waals surface area contributed by atoms with E-state index in [0.29, 0.717) is 11.7 Å². The number of hydrogen-bond donors (Lipinski definition) is 0. The Hall–Kier alpha value is -1.11. The zero-order chi connectivity index (χ0) is 10.8. The van der Waals surface area contributed by atoms with E-state index in [0.717, 1.165) is 12.0 Å². The second kappa shape index (κ2) is 4.18. The first-order chi connectivity index (χ1) is 7.16. The standard InChI is InChI=1S/C14H18O/c1-10-6-7-13(8-11(10)2)14(15)9-12-4-3-5-12/h6-8,12H,3-5,9H2,1-2H3. The average molecular weight is 202 g/mol. The highest BCUT2D eigenvalue weighted by Gasteiger charge is 2.21. The molecule has 0 radical (unpaired) electrons. The fourth-order valence-corrected chi connectivity index (χ4v) is 1.99. The topological polar surface area (TPSA) is 17.1 Å². The van der Waals surface area contributed by atoms with Gasteiger partial charge in [0, 0.05) is 12.0 Å². The van der Waals surface area contributed by atoms with E-state index in [9.17, 15) is 4.79 Å². The summed E-state index contributed by atoms with van der Waals surface area (Å²) < 4.78 is 0. The third-order valence-corrected chi connectivity index (χ3v) is 3.53. The molecule has 0 N–H and O–H groups in total. The van der Waals surface area contributed by atoms with Crippen LogP contribution in [0, 0.1) is 19.8 Å². The summed E-state index contributed by atoms with van der Waals surface area (Å²) in [6, 6.07) is 6.03. The molecule has 1 aliphatic carbocycles. The van der Waals surface area contributed by atoms with E-state index in [2.05, 4.69) is 13.8 Å². The van der Waals surface area contributed by atoms with Crippen LogP contribution in [0.15, 0.2) is 18.2 Å². The van der Waals surface area contributed by atoms with E-state index < -0.39 is 0 Å². The molecular formula is C14H18O. The number of rotatable bonds is 3. The molecule has 1 aliphatic rings. The number of carbonyl (C=O) groups is 1. The van der Waals surface area contributed by atoms with Crippen molar-refractivity contribution in [2.24, 2.45) is 5.92 Å². The van der Waals surface area contributed by atoms with Crippen molar-refractivity contribution in [3.63, 3.8) is 0 Å². The number of ketones is 1. The van der Waals surface area contributed by atoms with E-state index in [4.69, 9.17) is 0 Å². The van der Waals surface area contributed by atoms with E-state index in [1.807, 2.05) is 18.2 Å². The summed E-state index contributed by atoms with van der Waals surface area (Å²) in [4.78, 5) is 11.9. The molecule has 0 saturated heterocycles. The Bertz CT molecular complexity index is 375. The summed E-state index contributed by atoms with van der Waals surface area (Å²) >= 11 is 0. The lowest BCUT2D eigenvalue weighted by Gasteiger charge is -2.24. The maximum Gasteiger partial charge on any atom is 0.163 e. The first-order valence-corrected chi connectivity index (χ1v) is 5.77. The molecule has 1 aromatic rings. The van der Waals surface area contributed by atoms with Crippen LogP contribution in [0.5, 0.6) is 0 Å². The van der Waals surface area contributed by atoms with Crippen LogP contribution >= 0.6 is 0 Å². The maximum absolute atomic E-state index is 11.9. The predicted molar refractivity (Wildman–Crippen MR) is 62.2 cm³/mol. The van der Waals surface area contributed by atoms with Crippen molar-refractivity contribution in [2.75, 3.05) is 0 Å². The van der Waals surface area contributed by atoms with Crippen LogP contribution in [0.1, 0.15) is 47.2 Å². The number of carbonyl (C=O) groups excluding carboxylic acids is 1. The summed E-state index contributed by atoms with van der Waals surface area (Å²) in [5.74, 6) is 0.988. The lowest BCUT2D eigenvalue weighted by atomic mass is 9.81. The van der Waals surface area contributed by atoms with Crippen LogP contribution in [-0.2, 0) is 0 Å². The first kappa shape index (κ1) is 10.4. The van der Waals surface area contributed by atoms with E-state index >= 15 is 0 Å². The molecule has 1 nitrogen and oxygen atoms in total. The molecule has 0 amide bonds. The fourth-order valence-electron chi connectivity index (χ4n) is 1.99. The molecule has 15 heavy (non-hydrogen) atoms. The number of benzene rings is 1. The van der Waals surface area contributed by atoms with Crippen molar-refractivity contribution in [1.82, 2.24) is 0 Å². The summed E-state index contributed by atoms with van der Waals surface area (Å²) in [7, 11) is 0. The summed E-state index contributed by atoms with van der Waals surface area (Å²) in [6.07, 6.45) is 4.56. The van der Waals surface area contributed by atoms with Crippen LogP contribution in [0.4, 0.5) is 0 Å². The molecule has 2 rings (SSSR count). The van der Waals surface area contributed by atoms with Crippen molar-refractivity contribution in [3.05, 3.63) is 34.9 Å². The van der Waals surface area contributed by atoms with Crippen LogP contribution in [0.25, 0.3) is 0 Å². The van der Waals surface area contributed by atoms with Crippen LogP contribution in [0.3, 0.4) is 0 Å². The van der Waals surface area contributed by atoms with Gasteiger partial charge in [-0.2, -0.15) is 0 Å². The van der Waals surface area contributed by atoms with Gasteiger partial charge in [0.1, 0.15) is 0 Å². The van der Waals surface area contributed by atoms with Gasteiger partial charge in [0.25, 0.3) is 0 Å². The SMILES string of the molecule is Cc1ccc(C(=O)CC2CCC2)cc1C. The van der Waals surface area contributed by atoms with E-state index in [1.54, 1.807) is 0 Å². The van der Waals surface area contributed by atoms with Crippen molar-refractivity contribution < 1.29 is 4.79 Å².